The van der Waals surface area contributed by atoms with E-state index in [-0.39, 0.29) is 0 Å². The van der Waals surface area contributed by atoms with Crippen LogP contribution in [0.25, 0.3) is 0 Å². The van der Waals surface area contributed by atoms with Gasteiger partial charge in [-0.2, -0.15) is 5.26 Å². The van der Waals surface area contributed by atoms with Crippen LogP contribution in [0, 0.1) is 11.3 Å². The molecule has 1 unspecified atom stereocenters. The number of morpholine rings is 1. The van der Waals surface area contributed by atoms with Gasteiger partial charge >= 0.3 is 0 Å². The minimum absolute atomic E-state index is 0.598. The lowest BCUT2D eigenvalue weighted by Gasteiger charge is -2.34. The van der Waals surface area contributed by atoms with Crippen molar-refractivity contribution in [3.63, 3.8) is 0 Å². The van der Waals surface area contributed by atoms with Gasteiger partial charge < -0.3 is 24.0 Å². The molecule has 0 aromatic heterocycles. The predicted molar refractivity (Wildman–Crippen MR) is 115 cm³/mol. The molecule has 1 aromatic rings. The first-order valence-corrected chi connectivity index (χ1v) is 10.3. The summed E-state index contributed by atoms with van der Waals surface area (Å²) in [4.78, 5) is 4.36. The fourth-order valence-corrected chi connectivity index (χ4v) is 3.75. The Kier molecular flexibility index (Phi) is 8.81. The van der Waals surface area contributed by atoms with Crippen LogP contribution in [0.5, 0.6) is 5.75 Å². The van der Waals surface area contributed by atoms with Crippen molar-refractivity contribution < 1.29 is 14.2 Å². The molecule has 1 aromatic carbocycles. The second-order valence-corrected chi connectivity index (χ2v) is 7.77. The minimum atomic E-state index is -0.655. The lowest BCUT2D eigenvalue weighted by Crippen LogP contribution is -2.38. The van der Waals surface area contributed by atoms with Gasteiger partial charge in [0.05, 0.1) is 38.4 Å². The molecule has 1 fully saturated rings. The number of ether oxygens (including phenoxy) is 3. The Morgan fingerprint density at radius 2 is 2.03 bits per heavy atom. The maximum Gasteiger partial charge on any atom is 0.188 e. The van der Waals surface area contributed by atoms with Crippen molar-refractivity contribution in [2.75, 3.05) is 60.7 Å². The van der Waals surface area contributed by atoms with Gasteiger partial charge in [0.15, 0.2) is 5.88 Å². The van der Waals surface area contributed by atoms with Crippen LogP contribution < -0.4 is 4.74 Å². The molecule has 1 heterocycles. The van der Waals surface area contributed by atoms with E-state index < -0.39 is 5.41 Å². The molecule has 0 spiro atoms. The molecule has 0 bridgehead atoms. The Morgan fingerprint density at radius 3 is 2.62 bits per heavy atom. The monoisotopic (exact) mass is 401 g/mol. The summed E-state index contributed by atoms with van der Waals surface area (Å²) in [6.45, 7) is 8.52. The van der Waals surface area contributed by atoms with E-state index in [1.807, 2.05) is 45.3 Å². The number of hydrogen-bond donors (Lipinski definition) is 0. The smallest absolute Gasteiger partial charge is 0.188 e. The van der Waals surface area contributed by atoms with E-state index in [1.54, 1.807) is 7.11 Å². The zero-order valence-corrected chi connectivity index (χ0v) is 18.5. The summed E-state index contributed by atoms with van der Waals surface area (Å²) in [6, 6.07) is 10.5. The molecule has 6 nitrogen and oxygen atoms in total. The second-order valence-electron chi connectivity index (χ2n) is 7.77. The third-order valence-electron chi connectivity index (χ3n) is 5.33. The summed E-state index contributed by atoms with van der Waals surface area (Å²) < 4.78 is 17.0. The van der Waals surface area contributed by atoms with Crippen LogP contribution >= 0.6 is 0 Å². The van der Waals surface area contributed by atoms with E-state index in [0.29, 0.717) is 26.2 Å². The van der Waals surface area contributed by atoms with Crippen molar-refractivity contribution in [1.29, 1.82) is 5.26 Å². The number of allylic oxidation sites excluding steroid dienone is 1. The first-order chi connectivity index (χ1) is 14.0. The van der Waals surface area contributed by atoms with Crippen molar-refractivity contribution in [1.82, 2.24) is 9.80 Å². The van der Waals surface area contributed by atoms with Gasteiger partial charge in [0, 0.05) is 13.1 Å². The van der Waals surface area contributed by atoms with Crippen molar-refractivity contribution in [2.24, 2.45) is 0 Å². The van der Waals surface area contributed by atoms with Gasteiger partial charge in [-0.05, 0) is 70.6 Å². The quantitative estimate of drug-likeness (QED) is 0.560. The molecule has 1 atom stereocenters. The van der Waals surface area contributed by atoms with Gasteiger partial charge in [-0.25, -0.2) is 0 Å². The molecule has 1 aliphatic rings. The normalized spacial score (nSPS) is 17.3. The zero-order chi connectivity index (χ0) is 21.3. The molecule has 0 saturated carbocycles. The Balaban J connectivity index is 2.44. The van der Waals surface area contributed by atoms with Gasteiger partial charge in [-0.15, -0.1) is 0 Å². The molecule has 160 valence electrons. The number of benzene rings is 1. The van der Waals surface area contributed by atoms with Crippen LogP contribution in [0.1, 0.15) is 32.3 Å². The van der Waals surface area contributed by atoms with Crippen molar-refractivity contribution in [2.45, 2.75) is 32.1 Å². The first-order valence-electron chi connectivity index (χ1n) is 10.3. The van der Waals surface area contributed by atoms with Crippen LogP contribution in [-0.4, -0.2) is 70.5 Å². The Labute approximate surface area is 175 Å². The number of nitriles is 1. The lowest BCUT2D eigenvalue weighted by atomic mass is 9.74. The van der Waals surface area contributed by atoms with Crippen molar-refractivity contribution in [3.05, 3.63) is 41.3 Å². The highest BCUT2D eigenvalue weighted by Crippen LogP contribution is 2.37. The highest BCUT2D eigenvalue weighted by atomic mass is 16.5. The summed E-state index contributed by atoms with van der Waals surface area (Å²) in [5.74, 6) is 1.66. The molecular weight excluding hydrogens is 366 g/mol. The third-order valence-corrected chi connectivity index (χ3v) is 5.33. The van der Waals surface area contributed by atoms with E-state index in [2.05, 4.69) is 22.8 Å². The van der Waals surface area contributed by atoms with Gasteiger partial charge in [-0.1, -0.05) is 12.1 Å². The van der Waals surface area contributed by atoms with Crippen molar-refractivity contribution >= 4 is 0 Å². The SMILES string of the molecule is CCOC(=C(C)CC(C#N)(CCN(C)C)c1cccc(OC)c1)N1CCOCC1. The number of hydrogen-bond acceptors (Lipinski definition) is 6. The highest BCUT2D eigenvalue weighted by molar-refractivity contribution is 5.40. The van der Waals surface area contributed by atoms with Crippen LogP contribution in [0.4, 0.5) is 0 Å². The Hall–Kier alpha value is -2.23. The molecule has 1 saturated heterocycles. The van der Waals surface area contributed by atoms with E-state index >= 15 is 0 Å². The van der Waals surface area contributed by atoms with Gasteiger partial charge in [0.25, 0.3) is 0 Å². The number of nitrogens with zero attached hydrogens (tertiary/aromatic N) is 3. The van der Waals surface area contributed by atoms with E-state index in [4.69, 9.17) is 14.2 Å². The summed E-state index contributed by atoms with van der Waals surface area (Å²) in [5.41, 5.74) is 1.42. The molecular formula is C23H35N3O3. The van der Waals surface area contributed by atoms with Crippen molar-refractivity contribution in [3.8, 4) is 11.8 Å². The fourth-order valence-electron chi connectivity index (χ4n) is 3.75. The van der Waals surface area contributed by atoms with E-state index in [0.717, 1.165) is 48.8 Å². The van der Waals surface area contributed by atoms with E-state index in [1.165, 1.54) is 0 Å². The maximum absolute atomic E-state index is 10.4. The molecule has 29 heavy (non-hydrogen) atoms. The molecule has 0 amide bonds. The fraction of sp³-hybridized carbons (Fsp3) is 0.609. The lowest BCUT2D eigenvalue weighted by molar-refractivity contribution is 0.0143. The highest BCUT2D eigenvalue weighted by Gasteiger charge is 2.34. The number of rotatable bonds is 10. The minimum Gasteiger partial charge on any atom is -0.497 e. The maximum atomic E-state index is 10.4. The Morgan fingerprint density at radius 1 is 1.31 bits per heavy atom. The summed E-state index contributed by atoms with van der Waals surface area (Å²) in [6.07, 6.45) is 1.33. The molecule has 0 N–H and O–H groups in total. The van der Waals surface area contributed by atoms with Crippen LogP contribution in [0.15, 0.2) is 35.7 Å². The zero-order valence-electron chi connectivity index (χ0n) is 18.5. The second kappa shape index (κ2) is 11.1. The summed E-state index contributed by atoms with van der Waals surface area (Å²) in [7, 11) is 5.73. The molecule has 2 rings (SSSR count). The van der Waals surface area contributed by atoms with Crippen LogP contribution in [0.3, 0.4) is 0 Å². The Bertz CT molecular complexity index is 720. The topological polar surface area (TPSA) is 58.0 Å². The number of methoxy groups -OCH3 is 1. The van der Waals surface area contributed by atoms with Crippen LogP contribution in [-0.2, 0) is 14.9 Å². The van der Waals surface area contributed by atoms with Gasteiger partial charge in [-0.3, -0.25) is 0 Å². The third kappa shape index (κ3) is 6.12. The standard InChI is InChI=1S/C23H35N3O3/c1-6-29-22(26-12-14-28-15-13-26)19(2)17-23(18-24,10-11-25(3)4)20-8-7-9-21(16-20)27-5/h7-9,16H,6,10-15,17H2,1-5H3. The molecule has 0 radical (unpaired) electrons. The van der Waals surface area contributed by atoms with E-state index in [9.17, 15) is 5.26 Å². The summed E-state index contributed by atoms with van der Waals surface area (Å²) in [5, 5.41) is 10.4. The average Bonchev–Trinajstić information content (AvgIpc) is 2.75. The first kappa shape index (κ1) is 23.1. The van der Waals surface area contributed by atoms with Gasteiger partial charge in [0.1, 0.15) is 5.75 Å². The molecule has 0 aliphatic carbocycles. The molecule has 6 heteroatoms. The summed E-state index contributed by atoms with van der Waals surface area (Å²) >= 11 is 0. The van der Waals surface area contributed by atoms with Crippen LogP contribution in [0.2, 0.25) is 0 Å². The largest absolute Gasteiger partial charge is 0.497 e. The average molecular weight is 402 g/mol. The molecule has 1 aliphatic heterocycles. The van der Waals surface area contributed by atoms with Gasteiger partial charge in [0.2, 0.25) is 0 Å². The predicted octanol–water partition coefficient (Wildman–Crippen LogP) is 3.40.